The maximum Gasteiger partial charge on any atom is 0.0638 e. The van der Waals surface area contributed by atoms with Gasteiger partial charge in [-0.3, -0.25) is 0 Å². The van der Waals surface area contributed by atoms with Crippen molar-refractivity contribution < 1.29 is 0 Å². The van der Waals surface area contributed by atoms with Crippen LogP contribution in [0.15, 0.2) is 12.1 Å². The van der Waals surface area contributed by atoms with Crippen LogP contribution in [0.1, 0.15) is 37.8 Å². The van der Waals surface area contributed by atoms with Gasteiger partial charge >= 0.3 is 0 Å². The van der Waals surface area contributed by atoms with Gasteiger partial charge in [0.25, 0.3) is 0 Å². The molecule has 0 saturated carbocycles. The topological polar surface area (TPSA) is 26.0 Å². The predicted octanol–water partition coefficient (Wildman–Crippen LogP) is 4.21. The number of nitrogen functional groups attached to an aromatic ring is 1. The number of halogens is 1. The molecule has 1 atom stereocenters. The van der Waals surface area contributed by atoms with Crippen molar-refractivity contribution in [1.82, 2.24) is 0 Å². The lowest BCUT2D eigenvalue weighted by Gasteiger charge is -2.11. The normalized spacial score (nSPS) is 12.8. The van der Waals surface area contributed by atoms with Crippen LogP contribution in [0.4, 0.5) is 5.69 Å². The van der Waals surface area contributed by atoms with Crippen molar-refractivity contribution in [3.8, 4) is 0 Å². The lowest BCUT2D eigenvalue weighted by atomic mass is 9.96. The molecule has 0 heterocycles. The molecule has 0 aliphatic carbocycles. The van der Waals surface area contributed by atoms with Gasteiger partial charge in [-0.25, -0.2) is 0 Å². The first-order valence-electron chi connectivity index (χ1n) is 5.59. The lowest BCUT2D eigenvalue weighted by Crippen LogP contribution is -1.99. The van der Waals surface area contributed by atoms with Crippen LogP contribution in [0, 0.1) is 12.8 Å². The molecule has 0 bridgehead atoms. The highest BCUT2D eigenvalue weighted by molar-refractivity contribution is 6.33. The zero-order chi connectivity index (χ0) is 11.4. The van der Waals surface area contributed by atoms with Crippen molar-refractivity contribution in [2.45, 2.75) is 40.0 Å². The van der Waals surface area contributed by atoms with E-state index in [0.29, 0.717) is 10.7 Å². The molecular formula is C13H20ClN. The van der Waals surface area contributed by atoms with Crippen molar-refractivity contribution in [3.63, 3.8) is 0 Å². The van der Waals surface area contributed by atoms with E-state index in [9.17, 15) is 0 Å². The summed E-state index contributed by atoms with van der Waals surface area (Å²) in [6.07, 6.45) is 3.56. The number of aryl methyl sites for hydroxylation is 2. The van der Waals surface area contributed by atoms with E-state index in [0.717, 1.165) is 12.3 Å². The van der Waals surface area contributed by atoms with Crippen molar-refractivity contribution in [2.75, 3.05) is 5.73 Å². The molecule has 1 aromatic rings. The van der Waals surface area contributed by atoms with Crippen molar-refractivity contribution in [3.05, 3.63) is 28.3 Å². The lowest BCUT2D eigenvalue weighted by molar-refractivity contribution is 0.516. The van der Waals surface area contributed by atoms with Gasteiger partial charge in [0.2, 0.25) is 0 Å². The summed E-state index contributed by atoms with van der Waals surface area (Å²) in [6, 6.07) is 3.98. The molecule has 0 amide bonds. The Morgan fingerprint density at radius 2 is 2.07 bits per heavy atom. The van der Waals surface area contributed by atoms with E-state index in [-0.39, 0.29) is 0 Å². The van der Waals surface area contributed by atoms with Gasteiger partial charge in [0, 0.05) is 0 Å². The van der Waals surface area contributed by atoms with E-state index in [1.807, 2.05) is 12.1 Å². The standard InChI is InChI=1S/C13H20ClN/c1-4-9(2)5-6-11-8-13(15)12(14)7-10(11)3/h7-9H,4-6,15H2,1-3H3. The highest BCUT2D eigenvalue weighted by Crippen LogP contribution is 2.25. The minimum Gasteiger partial charge on any atom is -0.398 e. The third-order valence-corrected chi connectivity index (χ3v) is 3.39. The van der Waals surface area contributed by atoms with Crippen LogP contribution in [0.3, 0.4) is 0 Å². The minimum atomic E-state index is 0.666. The number of hydrogen-bond acceptors (Lipinski definition) is 1. The summed E-state index contributed by atoms with van der Waals surface area (Å²) in [6.45, 7) is 6.61. The Morgan fingerprint density at radius 1 is 1.40 bits per heavy atom. The highest BCUT2D eigenvalue weighted by Gasteiger charge is 2.05. The van der Waals surface area contributed by atoms with Gasteiger partial charge < -0.3 is 5.73 Å². The van der Waals surface area contributed by atoms with Crippen molar-refractivity contribution >= 4 is 17.3 Å². The zero-order valence-corrected chi connectivity index (χ0v) is 10.6. The molecule has 2 heteroatoms. The van der Waals surface area contributed by atoms with Gasteiger partial charge in [-0.1, -0.05) is 31.9 Å². The average molecular weight is 226 g/mol. The van der Waals surface area contributed by atoms with Crippen LogP contribution in [0.25, 0.3) is 0 Å². The maximum atomic E-state index is 5.95. The molecule has 1 unspecified atom stereocenters. The fourth-order valence-electron chi connectivity index (χ4n) is 1.61. The second-order valence-corrected chi connectivity index (χ2v) is 4.76. The number of rotatable bonds is 4. The van der Waals surface area contributed by atoms with Gasteiger partial charge in [0.1, 0.15) is 0 Å². The van der Waals surface area contributed by atoms with Gasteiger partial charge in [-0.15, -0.1) is 0 Å². The Hall–Kier alpha value is -0.690. The van der Waals surface area contributed by atoms with Gasteiger partial charge in [-0.2, -0.15) is 0 Å². The summed E-state index contributed by atoms with van der Waals surface area (Å²) in [5, 5.41) is 0.666. The van der Waals surface area contributed by atoms with Gasteiger partial charge in [0.05, 0.1) is 10.7 Å². The SMILES string of the molecule is CCC(C)CCc1cc(N)c(Cl)cc1C. The third kappa shape index (κ3) is 3.42. The third-order valence-electron chi connectivity index (χ3n) is 3.06. The molecule has 0 aliphatic heterocycles. The van der Waals surface area contributed by atoms with Crippen molar-refractivity contribution in [2.24, 2.45) is 5.92 Å². The van der Waals surface area contributed by atoms with Crippen LogP contribution in [-0.4, -0.2) is 0 Å². The zero-order valence-electron chi connectivity index (χ0n) is 9.81. The van der Waals surface area contributed by atoms with Crippen LogP contribution < -0.4 is 5.73 Å². The summed E-state index contributed by atoms with van der Waals surface area (Å²) in [5.41, 5.74) is 9.07. The molecule has 0 radical (unpaired) electrons. The van der Waals surface area contributed by atoms with Crippen molar-refractivity contribution in [1.29, 1.82) is 0 Å². The second kappa shape index (κ2) is 5.41. The van der Waals surface area contributed by atoms with Crippen LogP contribution in [-0.2, 0) is 6.42 Å². The van der Waals surface area contributed by atoms with E-state index in [1.165, 1.54) is 24.0 Å². The Labute approximate surface area is 97.6 Å². The smallest absolute Gasteiger partial charge is 0.0638 e. The summed E-state index contributed by atoms with van der Waals surface area (Å²) in [7, 11) is 0. The summed E-state index contributed by atoms with van der Waals surface area (Å²) >= 11 is 5.95. The number of benzene rings is 1. The fraction of sp³-hybridized carbons (Fsp3) is 0.538. The number of anilines is 1. The highest BCUT2D eigenvalue weighted by atomic mass is 35.5. The van der Waals surface area contributed by atoms with E-state index < -0.39 is 0 Å². The molecule has 1 aromatic carbocycles. The van der Waals surface area contributed by atoms with Crippen LogP contribution in [0.2, 0.25) is 5.02 Å². The molecule has 84 valence electrons. The number of hydrogen-bond donors (Lipinski definition) is 1. The molecule has 0 aliphatic rings. The second-order valence-electron chi connectivity index (χ2n) is 4.35. The van der Waals surface area contributed by atoms with Gasteiger partial charge in [0.15, 0.2) is 0 Å². The first-order valence-corrected chi connectivity index (χ1v) is 5.96. The molecule has 15 heavy (non-hydrogen) atoms. The molecule has 1 nitrogen and oxygen atoms in total. The largest absolute Gasteiger partial charge is 0.398 e. The Morgan fingerprint density at radius 3 is 2.67 bits per heavy atom. The van der Waals surface area contributed by atoms with Crippen LogP contribution >= 0.6 is 11.6 Å². The summed E-state index contributed by atoms with van der Waals surface area (Å²) < 4.78 is 0. The molecule has 1 rings (SSSR count). The molecule has 0 saturated heterocycles. The quantitative estimate of drug-likeness (QED) is 0.764. The first-order chi connectivity index (χ1) is 7.04. The Bertz CT molecular complexity index is 334. The first kappa shape index (κ1) is 12.4. The van der Waals surface area contributed by atoms with E-state index in [4.69, 9.17) is 17.3 Å². The molecule has 0 spiro atoms. The van der Waals surface area contributed by atoms with Crippen LogP contribution in [0.5, 0.6) is 0 Å². The molecule has 0 aromatic heterocycles. The number of nitrogens with two attached hydrogens (primary N) is 1. The maximum absolute atomic E-state index is 5.95. The summed E-state index contributed by atoms with van der Waals surface area (Å²) in [4.78, 5) is 0. The Balaban J connectivity index is 2.73. The molecular weight excluding hydrogens is 206 g/mol. The van der Waals surface area contributed by atoms with E-state index in [1.54, 1.807) is 0 Å². The predicted molar refractivity (Wildman–Crippen MR) is 68.4 cm³/mol. The van der Waals surface area contributed by atoms with Gasteiger partial charge in [-0.05, 0) is 48.9 Å². The summed E-state index contributed by atoms with van der Waals surface area (Å²) in [5.74, 6) is 0.779. The minimum absolute atomic E-state index is 0.666. The van der Waals surface area contributed by atoms with E-state index >= 15 is 0 Å². The molecule has 0 fully saturated rings. The molecule has 2 N–H and O–H groups in total. The average Bonchev–Trinajstić information content (AvgIpc) is 2.21. The van der Waals surface area contributed by atoms with E-state index in [2.05, 4.69) is 20.8 Å². The monoisotopic (exact) mass is 225 g/mol. The Kier molecular flexibility index (Phi) is 4.46. The fourth-order valence-corrected chi connectivity index (χ4v) is 1.83.